The molecule has 2 nitrogen and oxygen atoms in total. The van der Waals surface area contributed by atoms with Crippen molar-refractivity contribution in [2.45, 2.75) is 46.1 Å². The summed E-state index contributed by atoms with van der Waals surface area (Å²) in [5, 5.41) is 3.19. The number of nitrogens with one attached hydrogen (secondary N) is 1. The second kappa shape index (κ2) is 5.33. The zero-order chi connectivity index (χ0) is 13.3. The van der Waals surface area contributed by atoms with Crippen LogP contribution in [-0.4, -0.2) is 11.9 Å². The smallest absolute Gasteiger partial charge is 0.261 e. The zero-order valence-electron chi connectivity index (χ0n) is 11.1. The van der Waals surface area contributed by atoms with Gasteiger partial charge in [0.25, 0.3) is 5.91 Å². The summed E-state index contributed by atoms with van der Waals surface area (Å²) in [7, 11) is 0. The van der Waals surface area contributed by atoms with Crippen LogP contribution in [0.2, 0.25) is 0 Å². The van der Waals surface area contributed by atoms with E-state index in [4.69, 9.17) is 0 Å². The van der Waals surface area contributed by atoms with Gasteiger partial charge in [-0.3, -0.25) is 4.79 Å². The van der Waals surface area contributed by atoms with Crippen LogP contribution < -0.4 is 5.32 Å². The molecule has 0 spiro atoms. The molecule has 1 aliphatic carbocycles. The van der Waals surface area contributed by atoms with Crippen molar-refractivity contribution in [1.82, 2.24) is 5.32 Å². The van der Waals surface area contributed by atoms with Crippen LogP contribution in [0, 0.1) is 11.3 Å². The SMILES string of the molecule is C[C@@H]1C[C@@H](NC(=O)c2ccc(Br)s2)CC(C)(C)C1. The molecule has 1 heterocycles. The van der Waals surface area contributed by atoms with E-state index in [1.165, 1.54) is 17.8 Å². The molecule has 1 aromatic rings. The molecule has 0 aliphatic heterocycles. The van der Waals surface area contributed by atoms with E-state index < -0.39 is 0 Å². The van der Waals surface area contributed by atoms with Gasteiger partial charge in [0.2, 0.25) is 0 Å². The minimum atomic E-state index is 0.0700. The summed E-state index contributed by atoms with van der Waals surface area (Å²) in [5.74, 6) is 0.759. The van der Waals surface area contributed by atoms with E-state index in [0.29, 0.717) is 17.4 Å². The summed E-state index contributed by atoms with van der Waals surface area (Å²) in [6, 6.07) is 4.12. The molecule has 0 radical (unpaired) electrons. The second-order valence-corrected chi connectivity index (χ2v) is 8.65. The Bertz CT molecular complexity index is 441. The largest absolute Gasteiger partial charge is 0.349 e. The standard InChI is InChI=1S/C14H20BrNOS/c1-9-6-10(8-14(2,3)7-9)16-13(17)11-4-5-12(15)18-11/h4-5,9-10H,6-8H2,1-3H3,(H,16,17)/t9-,10-/m1/s1. The third-order valence-electron chi connectivity index (χ3n) is 3.52. The molecular formula is C14H20BrNOS. The lowest BCUT2D eigenvalue weighted by atomic mass is 9.70. The first-order chi connectivity index (χ1) is 8.35. The highest BCUT2D eigenvalue weighted by atomic mass is 79.9. The fraction of sp³-hybridized carbons (Fsp3) is 0.643. The van der Waals surface area contributed by atoms with E-state index in [9.17, 15) is 4.79 Å². The molecule has 1 saturated carbocycles. The van der Waals surface area contributed by atoms with E-state index in [-0.39, 0.29) is 5.91 Å². The monoisotopic (exact) mass is 329 g/mol. The number of halogens is 1. The first kappa shape index (κ1) is 14.1. The van der Waals surface area contributed by atoms with Crippen LogP contribution in [0.3, 0.4) is 0 Å². The van der Waals surface area contributed by atoms with Crippen molar-refractivity contribution in [3.8, 4) is 0 Å². The van der Waals surface area contributed by atoms with Crippen molar-refractivity contribution in [3.05, 3.63) is 20.8 Å². The van der Waals surface area contributed by atoms with Gasteiger partial charge in [0.05, 0.1) is 8.66 Å². The zero-order valence-corrected chi connectivity index (χ0v) is 13.5. The maximum absolute atomic E-state index is 12.1. The Morgan fingerprint density at radius 2 is 2.17 bits per heavy atom. The van der Waals surface area contributed by atoms with Gasteiger partial charge in [0.1, 0.15) is 0 Å². The molecule has 1 aromatic heterocycles. The van der Waals surface area contributed by atoms with Gasteiger partial charge in [0, 0.05) is 6.04 Å². The first-order valence-corrected chi connectivity index (χ1v) is 8.03. The number of carbonyl (C=O) groups excluding carboxylic acids is 1. The Morgan fingerprint density at radius 1 is 1.44 bits per heavy atom. The van der Waals surface area contributed by atoms with E-state index in [0.717, 1.165) is 21.5 Å². The Balaban J connectivity index is 1.99. The second-order valence-electron chi connectivity index (χ2n) is 6.19. The highest BCUT2D eigenvalue weighted by molar-refractivity contribution is 9.11. The predicted molar refractivity (Wildman–Crippen MR) is 80.1 cm³/mol. The molecule has 100 valence electrons. The topological polar surface area (TPSA) is 29.1 Å². The Labute approximate surface area is 121 Å². The molecule has 1 aliphatic rings. The number of amides is 1. The van der Waals surface area contributed by atoms with Gasteiger partial charge < -0.3 is 5.32 Å². The predicted octanol–water partition coefficient (Wildman–Crippen LogP) is 4.46. The van der Waals surface area contributed by atoms with E-state index >= 15 is 0 Å². The number of rotatable bonds is 2. The van der Waals surface area contributed by atoms with Crippen molar-refractivity contribution < 1.29 is 4.79 Å². The Morgan fingerprint density at radius 3 is 2.72 bits per heavy atom. The summed E-state index contributed by atoms with van der Waals surface area (Å²) < 4.78 is 1.00. The van der Waals surface area contributed by atoms with Crippen LogP contribution in [0.1, 0.15) is 49.7 Å². The molecule has 2 atom stereocenters. The molecule has 4 heteroatoms. The van der Waals surface area contributed by atoms with Crippen molar-refractivity contribution >= 4 is 33.2 Å². The van der Waals surface area contributed by atoms with Gasteiger partial charge in [-0.25, -0.2) is 0 Å². The molecule has 18 heavy (non-hydrogen) atoms. The van der Waals surface area contributed by atoms with Crippen LogP contribution in [0.25, 0.3) is 0 Å². The van der Waals surface area contributed by atoms with Crippen LogP contribution in [0.15, 0.2) is 15.9 Å². The molecule has 0 aromatic carbocycles. The van der Waals surface area contributed by atoms with Crippen molar-refractivity contribution in [3.63, 3.8) is 0 Å². The normalized spacial score (nSPS) is 26.9. The molecule has 0 saturated heterocycles. The maximum Gasteiger partial charge on any atom is 0.261 e. The van der Waals surface area contributed by atoms with E-state index in [1.54, 1.807) is 0 Å². The number of thiophene rings is 1. The van der Waals surface area contributed by atoms with Crippen LogP contribution in [-0.2, 0) is 0 Å². The minimum absolute atomic E-state index is 0.0700. The summed E-state index contributed by atoms with van der Waals surface area (Å²) >= 11 is 4.88. The van der Waals surface area contributed by atoms with Gasteiger partial charge in [-0.2, -0.15) is 0 Å². The van der Waals surface area contributed by atoms with Crippen molar-refractivity contribution in [1.29, 1.82) is 0 Å². The molecule has 2 rings (SSSR count). The third kappa shape index (κ3) is 3.58. The number of carbonyl (C=O) groups is 1. The van der Waals surface area contributed by atoms with Crippen LogP contribution in [0.4, 0.5) is 0 Å². The summed E-state index contributed by atoms with van der Waals surface area (Å²) in [4.78, 5) is 12.9. The maximum atomic E-state index is 12.1. The van der Waals surface area contributed by atoms with Crippen LogP contribution >= 0.6 is 27.3 Å². The minimum Gasteiger partial charge on any atom is -0.349 e. The third-order valence-corrected chi connectivity index (χ3v) is 5.14. The van der Waals surface area contributed by atoms with Gasteiger partial charge in [-0.1, -0.05) is 20.8 Å². The van der Waals surface area contributed by atoms with Crippen LogP contribution in [0.5, 0.6) is 0 Å². The van der Waals surface area contributed by atoms with E-state index in [1.807, 2.05) is 12.1 Å². The fourth-order valence-electron chi connectivity index (χ4n) is 3.15. The van der Waals surface area contributed by atoms with Crippen molar-refractivity contribution in [2.75, 3.05) is 0 Å². The molecule has 0 unspecified atom stereocenters. The van der Waals surface area contributed by atoms with Gasteiger partial charge in [0.15, 0.2) is 0 Å². The van der Waals surface area contributed by atoms with Gasteiger partial charge in [-0.05, 0) is 58.7 Å². The van der Waals surface area contributed by atoms with Crippen molar-refractivity contribution in [2.24, 2.45) is 11.3 Å². The average Bonchev–Trinajstić information content (AvgIpc) is 2.61. The Hall–Kier alpha value is -0.350. The molecular weight excluding hydrogens is 310 g/mol. The number of hydrogen-bond acceptors (Lipinski definition) is 2. The summed E-state index contributed by atoms with van der Waals surface area (Å²) in [6.07, 6.45) is 3.43. The van der Waals surface area contributed by atoms with E-state index in [2.05, 4.69) is 42.0 Å². The highest BCUT2D eigenvalue weighted by Gasteiger charge is 2.32. The molecule has 1 amide bonds. The molecule has 1 N–H and O–H groups in total. The lowest BCUT2D eigenvalue weighted by Gasteiger charge is -2.39. The first-order valence-electron chi connectivity index (χ1n) is 6.42. The lowest BCUT2D eigenvalue weighted by Crippen LogP contribution is -2.42. The lowest BCUT2D eigenvalue weighted by molar-refractivity contribution is 0.0878. The Kier molecular flexibility index (Phi) is 4.17. The fourth-order valence-corrected chi connectivity index (χ4v) is 4.44. The summed E-state index contributed by atoms with van der Waals surface area (Å²) in [6.45, 7) is 6.87. The number of hydrogen-bond donors (Lipinski definition) is 1. The average molecular weight is 330 g/mol. The van der Waals surface area contributed by atoms with Gasteiger partial charge >= 0.3 is 0 Å². The summed E-state index contributed by atoms with van der Waals surface area (Å²) in [5.41, 5.74) is 0.339. The highest BCUT2D eigenvalue weighted by Crippen LogP contribution is 2.38. The van der Waals surface area contributed by atoms with Gasteiger partial charge in [-0.15, -0.1) is 11.3 Å². The molecule has 0 bridgehead atoms. The quantitative estimate of drug-likeness (QED) is 0.852. The molecule has 1 fully saturated rings.